The molecule has 0 aromatic heterocycles. The van der Waals surface area contributed by atoms with E-state index in [4.69, 9.17) is 4.74 Å². The highest BCUT2D eigenvalue weighted by Gasteiger charge is 2.22. The molecule has 2 aromatic rings. The molecule has 1 unspecified atom stereocenters. The Labute approximate surface area is 147 Å². The van der Waals surface area contributed by atoms with Gasteiger partial charge in [-0.05, 0) is 57.4 Å². The average Bonchev–Trinajstić information content (AvgIpc) is 2.52. The number of aromatic hydroxyl groups is 1. The fraction of sp³-hybridized carbons (Fsp3) is 0.300. The minimum atomic E-state index is -0.993. The number of hydrogen-bond donors (Lipinski definition) is 2. The lowest BCUT2D eigenvalue weighted by Gasteiger charge is -2.17. The summed E-state index contributed by atoms with van der Waals surface area (Å²) in [5.74, 6) is -1.29. The van der Waals surface area contributed by atoms with E-state index >= 15 is 0 Å². The van der Waals surface area contributed by atoms with Crippen LogP contribution in [0.2, 0.25) is 0 Å². The molecule has 0 aliphatic carbocycles. The number of amides is 1. The molecule has 0 heterocycles. The van der Waals surface area contributed by atoms with Crippen LogP contribution in [0.4, 0.5) is 5.69 Å². The van der Waals surface area contributed by atoms with Crippen LogP contribution in [0.25, 0.3) is 0 Å². The zero-order chi connectivity index (χ0) is 18.7. The summed E-state index contributed by atoms with van der Waals surface area (Å²) in [5.41, 5.74) is 4.33. The Morgan fingerprint density at radius 1 is 1.04 bits per heavy atom. The number of aryl methyl sites for hydroxylation is 4. The minimum Gasteiger partial charge on any atom is -0.507 e. The summed E-state index contributed by atoms with van der Waals surface area (Å²) in [6.07, 6.45) is -0.993. The van der Waals surface area contributed by atoms with Crippen molar-refractivity contribution in [3.8, 4) is 5.75 Å². The first kappa shape index (κ1) is 18.5. The minimum absolute atomic E-state index is 0.0438. The number of hydrogen-bond acceptors (Lipinski definition) is 4. The summed E-state index contributed by atoms with van der Waals surface area (Å²) in [4.78, 5) is 24.6. The average molecular weight is 341 g/mol. The summed E-state index contributed by atoms with van der Waals surface area (Å²) >= 11 is 0. The van der Waals surface area contributed by atoms with Crippen molar-refractivity contribution in [1.82, 2.24) is 0 Å². The van der Waals surface area contributed by atoms with Gasteiger partial charge in [0.05, 0.1) is 0 Å². The summed E-state index contributed by atoms with van der Waals surface area (Å²) in [6, 6.07) is 8.75. The fourth-order valence-electron chi connectivity index (χ4n) is 2.70. The Bertz CT molecular complexity index is 803. The maximum absolute atomic E-state index is 12.4. The number of nitrogens with one attached hydrogen (secondary N) is 1. The first-order valence-electron chi connectivity index (χ1n) is 8.09. The zero-order valence-corrected chi connectivity index (χ0v) is 15.1. The van der Waals surface area contributed by atoms with Gasteiger partial charge in [-0.15, -0.1) is 0 Å². The molecule has 5 heteroatoms. The molecule has 0 bridgehead atoms. The maximum Gasteiger partial charge on any atom is 0.342 e. The number of para-hydroxylation sites is 1. The number of esters is 1. The number of carbonyl (C=O) groups is 2. The van der Waals surface area contributed by atoms with E-state index in [1.165, 1.54) is 13.0 Å². The quantitative estimate of drug-likeness (QED) is 0.829. The summed E-state index contributed by atoms with van der Waals surface area (Å²) < 4.78 is 5.20. The van der Waals surface area contributed by atoms with Crippen molar-refractivity contribution in [3.63, 3.8) is 0 Å². The summed E-state index contributed by atoms with van der Waals surface area (Å²) in [5, 5.41) is 12.8. The van der Waals surface area contributed by atoms with Gasteiger partial charge in [0, 0.05) is 5.69 Å². The van der Waals surface area contributed by atoms with Crippen molar-refractivity contribution < 1.29 is 19.4 Å². The lowest BCUT2D eigenvalue weighted by molar-refractivity contribution is -0.123. The van der Waals surface area contributed by atoms with Gasteiger partial charge in [0.15, 0.2) is 6.10 Å². The first-order chi connectivity index (χ1) is 11.7. The molecule has 0 aliphatic heterocycles. The van der Waals surface area contributed by atoms with E-state index in [9.17, 15) is 14.7 Å². The predicted octanol–water partition coefficient (Wildman–Crippen LogP) is 3.81. The normalized spacial score (nSPS) is 11.7. The van der Waals surface area contributed by atoms with Crippen LogP contribution in [0.3, 0.4) is 0 Å². The van der Waals surface area contributed by atoms with E-state index in [-0.39, 0.29) is 11.3 Å². The maximum atomic E-state index is 12.4. The monoisotopic (exact) mass is 341 g/mol. The first-order valence-corrected chi connectivity index (χ1v) is 8.09. The van der Waals surface area contributed by atoms with E-state index < -0.39 is 18.0 Å². The predicted molar refractivity (Wildman–Crippen MR) is 97.0 cm³/mol. The van der Waals surface area contributed by atoms with E-state index in [1.54, 1.807) is 19.1 Å². The number of carbonyl (C=O) groups excluding carboxylic acids is 2. The second-order valence-corrected chi connectivity index (χ2v) is 6.28. The molecule has 2 N–H and O–H groups in total. The summed E-state index contributed by atoms with van der Waals surface area (Å²) in [7, 11) is 0. The second kappa shape index (κ2) is 7.38. The van der Waals surface area contributed by atoms with Gasteiger partial charge in [0.1, 0.15) is 11.3 Å². The molecule has 5 nitrogen and oxygen atoms in total. The molecule has 0 radical (unpaired) electrons. The van der Waals surface area contributed by atoms with Gasteiger partial charge in [0.25, 0.3) is 5.91 Å². The molecule has 2 aromatic carbocycles. The van der Waals surface area contributed by atoms with Crippen molar-refractivity contribution in [3.05, 3.63) is 58.1 Å². The highest BCUT2D eigenvalue weighted by atomic mass is 16.5. The zero-order valence-electron chi connectivity index (χ0n) is 15.1. The second-order valence-electron chi connectivity index (χ2n) is 6.28. The molecule has 2 rings (SSSR count). The van der Waals surface area contributed by atoms with Gasteiger partial charge in [0.2, 0.25) is 0 Å². The topological polar surface area (TPSA) is 75.6 Å². The van der Waals surface area contributed by atoms with Gasteiger partial charge < -0.3 is 15.2 Å². The molecular formula is C20H23NO4. The molecular weight excluding hydrogens is 318 g/mol. The lowest BCUT2D eigenvalue weighted by atomic mass is 10.0. The Kier molecular flexibility index (Phi) is 5.47. The van der Waals surface area contributed by atoms with Crippen LogP contribution in [0.1, 0.15) is 39.5 Å². The third-order valence-electron chi connectivity index (χ3n) is 4.04. The van der Waals surface area contributed by atoms with Crippen LogP contribution in [-0.2, 0) is 9.53 Å². The third-order valence-corrected chi connectivity index (χ3v) is 4.04. The van der Waals surface area contributed by atoms with Crippen molar-refractivity contribution in [2.75, 3.05) is 5.32 Å². The van der Waals surface area contributed by atoms with E-state index in [2.05, 4.69) is 5.32 Å². The van der Waals surface area contributed by atoms with Crippen molar-refractivity contribution in [1.29, 1.82) is 0 Å². The number of phenolic OH excluding ortho intramolecular Hbond substituents is 1. The standard InChI is InChI=1S/C20H23NO4/c1-11-9-13(3)17(14(4)10-11)21-19(23)15(5)25-20(24)16-8-6-7-12(2)18(16)22/h6-10,15,22H,1-5H3,(H,21,23). The number of phenols is 1. The SMILES string of the molecule is Cc1cc(C)c(NC(=O)C(C)OC(=O)c2cccc(C)c2O)c(C)c1. The molecule has 25 heavy (non-hydrogen) atoms. The largest absolute Gasteiger partial charge is 0.507 e. The molecule has 0 aliphatic rings. The summed E-state index contributed by atoms with van der Waals surface area (Å²) in [6.45, 7) is 9.00. The Hall–Kier alpha value is -2.82. The van der Waals surface area contributed by atoms with E-state index in [0.717, 1.165) is 22.4 Å². The number of ether oxygens (including phenoxy) is 1. The van der Waals surface area contributed by atoms with E-state index in [0.29, 0.717) is 5.56 Å². The van der Waals surface area contributed by atoms with Crippen LogP contribution < -0.4 is 5.32 Å². The Morgan fingerprint density at radius 3 is 2.24 bits per heavy atom. The van der Waals surface area contributed by atoms with Crippen molar-refractivity contribution >= 4 is 17.6 Å². The smallest absolute Gasteiger partial charge is 0.342 e. The molecule has 0 saturated carbocycles. The molecule has 132 valence electrons. The third kappa shape index (κ3) is 4.18. The van der Waals surface area contributed by atoms with Crippen LogP contribution >= 0.6 is 0 Å². The van der Waals surface area contributed by atoms with Gasteiger partial charge in [-0.2, -0.15) is 0 Å². The van der Waals surface area contributed by atoms with Crippen LogP contribution in [0.15, 0.2) is 30.3 Å². The van der Waals surface area contributed by atoms with Gasteiger partial charge in [-0.3, -0.25) is 4.79 Å². The Balaban J connectivity index is 2.11. The van der Waals surface area contributed by atoms with Gasteiger partial charge in [-0.25, -0.2) is 4.79 Å². The highest BCUT2D eigenvalue weighted by molar-refractivity contribution is 5.99. The van der Waals surface area contributed by atoms with Crippen molar-refractivity contribution in [2.24, 2.45) is 0 Å². The Morgan fingerprint density at radius 2 is 1.64 bits per heavy atom. The van der Waals surface area contributed by atoms with Crippen LogP contribution in [0.5, 0.6) is 5.75 Å². The molecule has 0 fully saturated rings. The van der Waals surface area contributed by atoms with Crippen LogP contribution in [-0.4, -0.2) is 23.1 Å². The van der Waals surface area contributed by atoms with E-state index in [1.807, 2.05) is 32.9 Å². The van der Waals surface area contributed by atoms with Crippen LogP contribution in [0, 0.1) is 27.7 Å². The number of benzene rings is 2. The lowest BCUT2D eigenvalue weighted by Crippen LogP contribution is -2.30. The fourth-order valence-corrected chi connectivity index (χ4v) is 2.70. The molecule has 0 spiro atoms. The molecule has 1 amide bonds. The molecule has 1 atom stereocenters. The molecule has 0 saturated heterocycles. The van der Waals surface area contributed by atoms with Gasteiger partial charge >= 0.3 is 5.97 Å². The number of rotatable bonds is 4. The van der Waals surface area contributed by atoms with Crippen molar-refractivity contribution in [2.45, 2.75) is 40.7 Å². The van der Waals surface area contributed by atoms with Gasteiger partial charge in [-0.1, -0.05) is 29.8 Å². The highest BCUT2D eigenvalue weighted by Crippen LogP contribution is 2.24. The number of anilines is 1.